The Hall–Kier alpha value is -0.610. The zero-order valence-electron chi connectivity index (χ0n) is 13.2. The third kappa shape index (κ3) is 4.45. The summed E-state index contributed by atoms with van der Waals surface area (Å²) in [6.07, 6.45) is 3.25. The molecule has 1 aliphatic rings. The van der Waals surface area contributed by atoms with Crippen LogP contribution in [0.25, 0.3) is 0 Å². The van der Waals surface area contributed by atoms with Crippen molar-refractivity contribution in [3.05, 3.63) is 22.3 Å². The van der Waals surface area contributed by atoms with Gasteiger partial charge in [-0.3, -0.25) is 0 Å². The number of aromatic nitrogens is 1. The fraction of sp³-hybridized carbons (Fsp3) is 0.688. The lowest BCUT2D eigenvalue weighted by Gasteiger charge is -2.25. The van der Waals surface area contributed by atoms with Crippen LogP contribution in [-0.4, -0.2) is 24.1 Å². The van der Waals surface area contributed by atoms with Gasteiger partial charge in [-0.2, -0.15) is 0 Å². The van der Waals surface area contributed by atoms with Crippen molar-refractivity contribution < 1.29 is 0 Å². The highest BCUT2D eigenvalue weighted by molar-refractivity contribution is 9.10. The predicted molar refractivity (Wildman–Crippen MR) is 89.1 cm³/mol. The van der Waals surface area contributed by atoms with Gasteiger partial charge in [-0.15, -0.1) is 0 Å². The minimum absolute atomic E-state index is 0.114. The Morgan fingerprint density at radius 2 is 2.10 bits per heavy atom. The minimum Gasteiger partial charge on any atom is -0.359 e. The molecule has 1 fully saturated rings. The lowest BCUT2D eigenvalue weighted by atomic mass is 10.1. The molecule has 1 saturated carbocycles. The summed E-state index contributed by atoms with van der Waals surface area (Å²) in [4.78, 5) is 6.93. The van der Waals surface area contributed by atoms with E-state index < -0.39 is 0 Å². The smallest absolute Gasteiger partial charge is 0.132 e. The van der Waals surface area contributed by atoms with Gasteiger partial charge >= 0.3 is 0 Å². The van der Waals surface area contributed by atoms with Crippen LogP contribution >= 0.6 is 15.9 Å². The Bertz CT molecular complexity index is 467. The number of rotatable bonds is 5. The zero-order valence-corrected chi connectivity index (χ0v) is 14.8. The molecule has 4 heteroatoms. The first kappa shape index (κ1) is 15.8. The summed E-state index contributed by atoms with van der Waals surface area (Å²) in [6.45, 7) is 10.8. The first-order valence-corrected chi connectivity index (χ1v) is 8.16. The van der Waals surface area contributed by atoms with Crippen LogP contribution in [-0.2, 0) is 6.54 Å². The third-order valence-corrected chi connectivity index (χ3v) is 4.30. The molecule has 0 bridgehead atoms. The topological polar surface area (TPSA) is 28.2 Å². The van der Waals surface area contributed by atoms with Crippen molar-refractivity contribution in [2.24, 2.45) is 11.8 Å². The van der Waals surface area contributed by atoms with Crippen molar-refractivity contribution in [1.82, 2.24) is 10.3 Å². The zero-order chi connectivity index (χ0) is 14.9. The van der Waals surface area contributed by atoms with Gasteiger partial charge in [0.25, 0.3) is 0 Å². The highest BCUT2D eigenvalue weighted by Gasteiger charge is 2.33. The second kappa shape index (κ2) is 6.02. The van der Waals surface area contributed by atoms with E-state index in [1.54, 1.807) is 0 Å². The average molecular weight is 340 g/mol. The molecule has 2 unspecified atom stereocenters. The van der Waals surface area contributed by atoms with Crippen LogP contribution in [0, 0.1) is 11.8 Å². The van der Waals surface area contributed by atoms with Crippen molar-refractivity contribution in [1.29, 1.82) is 0 Å². The van der Waals surface area contributed by atoms with Gasteiger partial charge in [-0.05, 0) is 61.0 Å². The van der Waals surface area contributed by atoms with Crippen LogP contribution in [0.3, 0.4) is 0 Å². The Morgan fingerprint density at radius 3 is 2.65 bits per heavy atom. The van der Waals surface area contributed by atoms with E-state index in [1.165, 1.54) is 12.0 Å². The second-order valence-electron chi connectivity index (χ2n) is 7.09. The summed E-state index contributed by atoms with van der Waals surface area (Å²) < 4.78 is 1.04. The quantitative estimate of drug-likeness (QED) is 0.883. The highest BCUT2D eigenvalue weighted by atomic mass is 79.9. The summed E-state index contributed by atoms with van der Waals surface area (Å²) in [5.41, 5.74) is 1.37. The van der Waals surface area contributed by atoms with E-state index in [9.17, 15) is 0 Å². The Balaban J connectivity index is 2.10. The van der Waals surface area contributed by atoms with Gasteiger partial charge in [-0.25, -0.2) is 4.98 Å². The number of hydrogen-bond donors (Lipinski definition) is 1. The molecule has 112 valence electrons. The number of hydrogen-bond acceptors (Lipinski definition) is 3. The molecule has 2 atom stereocenters. The van der Waals surface area contributed by atoms with Gasteiger partial charge in [0, 0.05) is 41.9 Å². The van der Waals surface area contributed by atoms with Crippen molar-refractivity contribution in [3.8, 4) is 0 Å². The van der Waals surface area contributed by atoms with Crippen molar-refractivity contribution >= 4 is 21.7 Å². The highest BCUT2D eigenvalue weighted by Crippen LogP contribution is 2.38. The molecule has 0 spiro atoms. The molecule has 0 aromatic carbocycles. The standard InChI is InChI=1S/C16H26BrN3/c1-11-6-13(11)10-20(5)15-12(7-14(17)9-18-15)8-19-16(2,3)4/h7,9,11,13,19H,6,8,10H2,1-5H3. The van der Waals surface area contributed by atoms with E-state index in [4.69, 9.17) is 0 Å². The second-order valence-corrected chi connectivity index (χ2v) is 8.01. The van der Waals surface area contributed by atoms with Crippen LogP contribution in [0.15, 0.2) is 16.7 Å². The fourth-order valence-corrected chi connectivity index (χ4v) is 2.78. The maximum atomic E-state index is 4.62. The normalized spacial score (nSPS) is 21.9. The maximum absolute atomic E-state index is 4.62. The number of anilines is 1. The summed E-state index contributed by atoms with van der Waals surface area (Å²) >= 11 is 3.53. The summed E-state index contributed by atoms with van der Waals surface area (Å²) in [6, 6.07) is 2.17. The van der Waals surface area contributed by atoms with Crippen LogP contribution < -0.4 is 10.2 Å². The molecular weight excluding hydrogens is 314 g/mol. The van der Waals surface area contributed by atoms with Crippen molar-refractivity contribution in [3.63, 3.8) is 0 Å². The van der Waals surface area contributed by atoms with E-state index in [0.717, 1.165) is 35.2 Å². The molecule has 0 radical (unpaired) electrons. The van der Waals surface area contributed by atoms with Crippen molar-refractivity contribution in [2.45, 2.75) is 46.2 Å². The SMILES string of the molecule is CC1CC1CN(C)c1ncc(Br)cc1CNC(C)(C)C. The number of pyridine rings is 1. The molecule has 1 aromatic heterocycles. The molecule has 0 saturated heterocycles. The number of nitrogens with one attached hydrogen (secondary N) is 1. The molecule has 2 rings (SSSR count). The Morgan fingerprint density at radius 1 is 1.45 bits per heavy atom. The van der Waals surface area contributed by atoms with E-state index in [1.807, 2.05) is 6.20 Å². The van der Waals surface area contributed by atoms with Crippen LogP contribution in [0.2, 0.25) is 0 Å². The van der Waals surface area contributed by atoms with Gasteiger partial charge in [-0.1, -0.05) is 6.92 Å². The Kier molecular flexibility index (Phi) is 4.75. The van der Waals surface area contributed by atoms with E-state index in [-0.39, 0.29) is 5.54 Å². The summed E-state index contributed by atoms with van der Waals surface area (Å²) in [5.74, 6) is 2.82. The molecule has 1 N–H and O–H groups in total. The third-order valence-electron chi connectivity index (χ3n) is 3.86. The van der Waals surface area contributed by atoms with E-state index >= 15 is 0 Å². The molecule has 3 nitrogen and oxygen atoms in total. The van der Waals surface area contributed by atoms with Crippen LogP contribution in [0.1, 0.15) is 39.7 Å². The molecule has 1 aliphatic carbocycles. The lowest BCUT2D eigenvalue weighted by molar-refractivity contribution is 0.424. The fourth-order valence-electron chi connectivity index (χ4n) is 2.40. The molecule has 1 heterocycles. The Labute approximate surface area is 131 Å². The predicted octanol–water partition coefficient (Wildman–Crippen LogP) is 3.82. The summed E-state index contributed by atoms with van der Waals surface area (Å²) in [5, 5.41) is 3.55. The van der Waals surface area contributed by atoms with E-state index in [0.29, 0.717) is 0 Å². The first-order chi connectivity index (χ1) is 9.26. The first-order valence-electron chi connectivity index (χ1n) is 7.37. The van der Waals surface area contributed by atoms with Gasteiger partial charge in [0.2, 0.25) is 0 Å². The number of nitrogens with zero attached hydrogens (tertiary/aromatic N) is 2. The van der Waals surface area contributed by atoms with E-state index in [2.05, 4.69) is 71.9 Å². The monoisotopic (exact) mass is 339 g/mol. The van der Waals surface area contributed by atoms with Crippen LogP contribution in [0.5, 0.6) is 0 Å². The lowest BCUT2D eigenvalue weighted by Crippen LogP contribution is -2.35. The average Bonchev–Trinajstić information content (AvgIpc) is 3.01. The molecule has 0 aliphatic heterocycles. The maximum Gasteiger partial charge on any atom is 0.132 e. The molecule has 20 heavy (non-hydrogen) atoms. The van der Waals surface area contributed by atoms with Gasteiger partial charge in [0.15, 0.2) is 0 Å². The molecule has 0 amide bonds. The molecule has 1 aromatic rings. The van der Waals surface area contributed by atoms with Gasteiger partial charge in [0.1, 0.15) is 5.82 Å². The summed E-state index contributed by atoms with van der Waals surface area (Å²) in [7, 11) is 2.15. The van der Waals surface area contributed by atoms with Crippen LogP contribution in [0.4, 0.5) is 5.82 Å². The minimum atomic E-state index is 0.114. The van der Waals surface area contributed by atoms with Crippen molar-refractivity contribution in [2.75, 3.05) is 18.5 Å². The molecular formula is C16H26BrN3. The van der Waals surface area contributed by atoms with Gasteiger partial charge < -0.3 is 10.2 Å². The van der Waals surface area contributed by atoms with Gasteiger partial charge in [0.05, 0.1) is 0 Å². The number of halogens is 1. The largest absolute Gasteiger partial charge is 0.359 e.